The van der Waals surface area contributed by atoms with Gasteiger partial charge in [0, 0.05) is 0 Å². The number of hydrogen-bond donors (Lipinski definition) is 1. The molecule has 0 aromatic heterocycles. The van der Waals surface area contributed by atoms with E-state index in [0.717, 1.165) is 0 Å². The molecule has 0 bridgehead atoms. The van der Waals surface area contributed by atoms with Crippen LogP contribution in [-0.2, 0) is 4.74 Å². The van der Waals surface area contributed by atoms with Crippen LogP contribution in [0.3, 0.4) is 0 Å². The summed E-state index contributed by atoms with van der Waals surface area (Å²) in [5, 5.41) is 7.89. The maximum atomic E-state index is 8.11. The summed E-state index contributed by atoms with van der Waals surface area (Å²) in [6.45, 7) is 6.51. The quantitative estimate of drug-likeness (QED) is 0.338. The minimum atomic E-state index is 1.25. The molecular formula is C4H7NO3. The van der Waals surface area contributed by atoms with Crippen molar-refractivity contribution in [2.24, 2.45) is 5.34 Å². The molecular weight excluding hydrogens is 110 g/mol. The largest absolute Gasteiger partial charge is 0.474 e. The predicted molar refractivity (Wildman–Crippen MR) is 29.1 cm³/mol. The van der Waals surface area contributed by atoms with E-state index in [4.69, 9.17) is 10.1 Å². The van der Waals surface area contributed by atoms with Gasteiger partial charge in [-0.3, -0.25) is 0 Å². The Hall–Kier alpha value is -1.32. The molecule has 0 aliphatic heterocycles. The molecule has 0 saturated carbocycles. The van der Waals surface area contributed by atoms with Crippen LogP contribution in [0.15, 0.2) is 31.0 Å². The lowest BCUT2D eigenvalue weighted by atomic mass is 11.1. The topological polar surface area (TPSA) is 58.9 Å². The highest BCUT2D eigenvalue weighted by Crippen LogP contribution is 1.65. The highest BCUT2D eigenvalue weighted by atomic mass is 16.6. The molecule has 0 aromatic rings. The summed E-state index contributed by atoms with van der Waals surface area (Å²) in [6.07, 6.45) is 2.62. The average molecular weight is 117 g/mol. The van der Waals surface area contributed by atoms with Crippen LogP contribution in [0.1, 0.15) is 0 Å². The van der Waals surface area contributed by atoms with Gasteiger partial charge in [-0.25, -0.2) is 0 Å². The van der Waals surface area contributed by atoms with Gasteiger partial charge < -0.3 is 9.94 Å². The lowest BCUT2D eigenvalue weighted by Gasteiger charge is -1.76. The summed E-state index contributed by atoms with van der Waals surface area (Å²) in [6, 6.07) is 0. The van der Waals surface area contributed by atoms with Gasteiger partial charge in [-0.05, 0) is 0 Å². The Balaban J connectivity index is 0. The van der Waals surface area contributed by atoms with Crippen molar-refractivity contribution < 1.29 is 9.94 Å². The van der Waals surface area contributed by atoms with Crippen LogP contribution in [-0.4, -0.2) is 5.21 Å². The lowest BCUT2D eigenvalue weighted by molar-refractivity contribution is 0.312. The van der Waals surface area contributed by atoms with Crippen LogP contribution in [0.25, 0.3) is 0 Å². The first-order chi connectivity index (χ1) is 3.83. The maximum absolute atomic E-state index is 8.11. The number of rotatable bonds is 2. The molecule has 0 aliphatic carbocycles. The predicted octanol–water partition coefficient (Wildman–Crippen LogP) is 1.43. The van der Waals surface area contributed by atoms with Crippen molar-refractivity contribution in [1.29, 1.82) is 0 Å². The first kappa shape index (κ1) is 9.84. The van der Waals surface area contributed by atoms with Crippen LogP contribution in [0.5, 0.6) is 0 Å². The molecule has 0 aromatic carbocycles. The highest BCUT2D eigenvalue weighted by Gasteiger charge is 1.45. The van der Waals surface area contributed by atoms with Gasteiger partial charge in [0.1, 0.15) is 0 Å². The molecule has 0 atom stereocenters. The lowest BCUT2D eigenvalue weighted by Crippen LogP contribution is -1.52. The first-order valence-electron chi connectivity index (χ1n) is 1.67. The summed E-state index contributed by atoms with van der Waals surface area (Å²) in [5.41, 5.74) is 0. The van der Waals surface area contributed by atoms with Gasteiger partial charge in [-0.1, -0.05) is 13.2 Å². The summed E-state index contributed by atoms with van der Waals surface area (Å²) in [5.74, 6) is 0. The minimum Gasteiger partial charge on any atom is -0.474 e. The van der Waals surface area contributed by atoms with Crippen molar-refractivity contribution in [3.8, 4) is 0 Å². The zero-order chi connectivity index (χ0) is 6.83. The molecule has 0 rings (SSSR count). The second kappa shape index (κ2) is 17.3. The molecule has 46 valence electrons. The highest BCUT2D eigenvalue weighted by molar-refractivity contribution is 4.57. The molecule has 0 heterocycles. The smallest absolute Gasteiger partial charge is 0.152 e. The van der Waals surface area contributed by atoms with Crippen LogP contribution in [0, 0.1) is 4.91 Å². The molecule has 0 aliphatic rings. The van der Waals surface area contributed by atoms with Gasteiger partial charge in [0.2, 0.25) is 0 Å². The molecule has 0 amide bonds. The molecule has 0 fully saturated rings. The second-order valence-corrected chi connectivity index (χ2v) is 0.551. The van der Waals surface area contributed by atoms with Crippen molar-refractivity contribution in [1.82, 2.24) is 0 Å². The third-order valence-corrected chi connectivity index (χ3v) is 0.192. The van der Waals surface area contributed by atoms with Gasteiger partial charge in [0.15, 0.2) is 5.34 Å². The van der Waals surface area contributed by atoms with E-state index < -0.39 is 0 Å². The monoisotopic (exact) mass is 117 g/mol. The van der Waals surface area contributed by atoms with Gasteiger partial charge in [0.25, 0.3) is 0 Å². The van der Waals surface area contributed by atoms with Gasteiger partial charge in [-0.15, -0.1) is 4.91 Å². The number of ether oxygens (including phenoxy) is 1. The van der Waals surface area contributed by atoms with E-state index in [-0.39, 0.29) is 0 Å². The molecule has 0 spiro atoms. The summed E-state index contributed by atoms with van der Waals surface area (Å²) in [4.78, 5) is 8.11. The van der Waals surface area contributed by atoms with Crippen molar-refractivity contribution in [2.75, 3.05) is 0 Å². The Morgan fingerprint density at radius 3 is 1.75 bits per heavy atom. The fraction of sp³-hybridized carbons (Fsp3) is 0. The molecule has 4 nitrogen and oxygen atoms in total. The Bertz CT molecular complexity index is 65.7. The zero-order valence-corrected chi connectivity index (χ0v) is 4.28. The van der Waals surface area contributed by atoms with E-state index in [9.17, 15) is 0 Å². The maximum Gasteiger partial charge on any atom is 0.152 e. The molecule has 1 N–H and O–H groups in total. The van der Waals surface area contributed by atoms with Crippen molar-refractivity contribution in [2.45, 2.75) is 0 Å². The zero-order valence-electron chi connectivity index (χ0n) is 4.28. The molecule has 4 heteroatoms. The van der Waals surface area contributed by atoms with Crippen LogP contribution >= 0.6 is 0 Å². The van der Waals surface area contributed by atoms with Crippen LogP contribution in [0.4, 0.5) is 0 Å². The van der Waals surface area contributed by atoms with Crippen molar-refractivity contribution >= 4 is 0 Å². The van der Waals surface area contributed by atoms with Crippen molar-refractivity contribution in [3.63, 3.8) is 0 Å². The third kappa shape index (κ3) is 137. The third-order valence-electron chi connectivity index (χ3n) is 0.192. The van der Waals surface area contributed by atoms with E-state index in [2.05, 4.69) is 17.9 Å². The first-order valence-corrected chi connectivity index (χ1v) is 1.67. The van der Waals surface area contributed by atoms with Gasteiger partial charge in [-0.2, -0.15) is 0 Å². The van der Waals surface area contributed by atoms with Gasteiger partial charge >= 0.3 is 0 Å². The summed E-state index contributed by atoms with van der Waals surface area (Å²) in [7, 11) is 0. The Kier molecular flexibility index (Phi) is 21.3. The normalized spacial score (nSPS) is 5.00. The SMILES string of the molecule is C=COC=C.O=NO. The minimum absolute atomic E-state index is 1.25. The standard InChI is InChI=1S/C4H6O.HNO2/c1-3-5-4-2;2-1-3/h3-4H,1-2H2;(H,2,3). The average Bonchev–Trinajstić information content (AvgIpc) is 1.71. The summed E-state index contributed by atoms with van der Waals surface area (Å²) >= 11 is 0. The van der Waals surface area contributed by atoms with E-state index >= 15 is 0 Å². The van der Waals surface area contributed by atoms with Gasteiger partial charge in [0.05, 0.1) is 12.5 Å². The van der Waals surface area contributed by atoms with Crippen LogP contribution < -0.4 is 0 Å². The van der Waals surface area contributed by atoms with E-state index in [1.54, 1.807) is 0 Å². The van der Waals surface area contributed by atoms with Crippen LogP contribution in [0.2, 0.25) is 0 Å². The summed E-state index contributed by atoms with van der Waals surface area (Å²) < 4.78 is 4.36. The Morgan fingerprint density at radius 2 is 1.75 bits per heavy atom. The Morgan fingerprint density at radius 1 is 1.50 bits per heavy atom. The molecule has 0 unspecified atom stereocenters. The Labute approximate surface area is 47.0 Å². The fourth-order valence-corrected chi connectivity index (χ4v) is 0.0680. The molecule has 0 saturated heterocycles. The molecule has 0 radical (unpaired) electrons. The van der Waals surface area contributed by atoms with Crippen molar-refractivity contribution in [3.05, 3.63) is 30.6 Å². The number of hydrogen-bond acceptors (Lipinski definition) is 3. The van der Waals surface area contributed by atoms with E-state index in [0.29, 0.717) is 0 Å². The fourth-order valence-electron chi connectivity index (χ4n) is 0.0680. The number of nitrogens with zero attached hydrogens (tertiary/aromatic N) is 1. The van der Waals surface area contributed by atoms with E-state index in [1.165, 1.54) is 17.9 Å². The van der Waals surface area contributed by atoms with E-state index in [1.807, 2.05) is 0 Å². The second-order valence-electron chi connectivity index (χ2n) is 0.551. The molecule has 8 heavy (non-hydrogen) atoms.